The van der Waals surface area contributed by atoms with E-state index < -0.39 is 0 Å². The summed E-state index contributed by atoms with van der Waals surface area (Å²) in [6, 6.07) is 9.52. The van der Waals surface area contributed by atoms with E-state index in [-0.39, 0.29) is 29.8 Å². The molecule has 0 saturated carbocycles. The molecular formula is C15H21NO4S. The maximum Gasteiger partial charge on any atom is 0.302 e. The van der Waals surface area contributed by atoms with Crippen LogP contribution in [-0.2, 0) is 19.1 Å². The molecule has 0 aliphatic rings. The Labute approximate surface area is 129 Å². The number of amides is 1. The maximum atomic E-state index is 11.4. The Morgan fingerprint density at radius 2 is 1.86 bits per heavy atom. The molecular weight excluding hydrogens is 290 g/mol. The Morgan fingerprint density at radius 1 is 1.19 bits per heavy atom. The van der Waals surface area contributed by atoms with Gasteiger partial charge in [0, 0.05) is 25.9 Å². The van der Waals surface area contributed by atoms with Gasteiger partial charge in [0.2, 0.25) is 5.91 Å². The van der Waals surface area contributed by atoms with Gasteiger partial charge >= 0.3 is 5.97 Å². The van der Waals surface area contributed by atoms with Crippen LogP contribution in [0.25, 0.3) is 0 Å². The predicted octanol–water partition coefficient (Wildman–Crippen LogP) is 1.86. The summed E-state index contributed by atoms with van der Waals surface area (Å²) in [6.07, 6.45) is 0. The lowest BCUT2D eigenvalue weighted by Gasteiger charge is -2.26. The molecule has 0 bridgehead atoms. The van der Waals surface area contributed by atoms with Crippen molar-refractivity contribution in [3.8, 4) is 0 Å². The zero-order valence-electron chi connectivity index (χ0n) is 12.5. The first-order chi connectivity index (χ1) is 10.0. The van der Waals surface area contributed by atoms with Crippen molar-refractivity contribution in [2.24, 2.45) is 0 Å². The molecule has 1 aromatic carbocycles. The largest absolute Gasteiger partial charge is 0.464 e. The van der Waals surface area contributed by atoms with Crippen molar-refractivity contribution >= 4 is 23.6 Å². The molecule has 0 spiro atoms. The Bertz CT molecular complexity index is 452. The Morgan fingerprint density at radius 3 is 2.38 bits per heavy atom. The first-order valence-corrected chi connectivity index (χ1v) is 7.52. The Balaban J connectivity index is 2.79. The number of carbonyl (C=O) groups is 2. The summed E-state index contributed by atoms with van der Waals surface area (Å²) in [5.74, 6) is -0.534. The normalized spacial score (nSPS) is 13.3. The standard InChI is InChI=1S/C15H21NO4S/c1-11(17)16-14(9-20-12(2)18)15(10-19-3)21-13-7-5-4-6-8-13/h4-8,14-15H,9-10H2,1-3H3,(H,16,17)/t14-,15-/m1/s1. The molecule has 0 aliphatic heterocycles. The van der Waals surface area contributed by atoms with Gasteiger partial charge in [0.25, 0.3) is 0 Å². The number of methoxy groups -OCH3 is 1. The van der Waals surface area contributed by atoms with Crippen LogP contribution in [0.3, 0.4) is 0 Å². The number of carbonyl (C=O) groups excluding carboxylic acids is 2. The topological polar surface area (TPSA) is 64.6 Å². The molecule has 0 unspecified atom stereocenters. The molecule has 2 atom stereocenters. The van der Waals surface area contributed by atoms with Crippen molar-refractivity contribution in [1.29, 1.82) is 0 Å². The smallest absolute Gasteiger partial charge is 0.302 e. The van der Waals surface area contributed by atoms with Gasteiger partial charge in [-0.25, -0.2) is 0 Å². The van der Waals surface area contributed by atoms with Gasteiger partial charge in [0.15, 0.2) is 0 Å². The van der Waals surface area contributed by atoms with Crippen LogP contribution >= 0.6 is 11.8 Å². The number of nitrogens with one attached hydrogen (secondary N) is 1. The monoisotopic (exact) mass is 311 g/mol. The molecule has 0 heterocycles. The van der Waals surface area contributed by atoms with Gasteiger partial charge in [-0.05, 0) is 12.1 Å². The molecule has 1 rings (SSSR count). The van der Waals surface area contributed by atoms with Crippen molar-refractivity contribution in [3.05, 3.63) is 30.3 Å². The van der Waals surface area contributed by atoms with Crippen molar-refractivity contribution in [3.63, 3.8) is 0 Å². The summed E-state index contributed by atoms with van der Waals surface area (Å²) in [5.41, 5.74) is 0. The van der Waals surface area contributed by atoms with Gasteiger partial charge < -0.3 is 14.8 Å². The number of thioether (sulfide) groups is 1. The van der Waals surface area contributed by atoms with E-state index in [2.05, 4.69) is 5.32 Å². The number of hydrogen-bond donors (Lipinski definition) is 1. The number of rotatable bonds is 8. The minimum absolute atomic E-state index is 0.0550. The molecule has 1 N–H and O–H groups in total. The van der Waals surface area contributed by atoms with E-state index in [0.29, 0.717) is 6.61 Å². The quantitative estimate of drug-likeness (QED) is 0.586. The third-order valence-corrected chi connectivity index (χ3v) is 3.98. The van der Waals surface area contributed by atoms with E-state index in [1.807, 2.05) is 30.3 Å². The van der Waals surface area contributed by atoms with E-state index in [0.717, 1.165) is 4.90 Å². The van der Waals surface area contributed by atoms with Gasteiger partial charge in [0.1, 0.15) is 6.61 Å². The van der Waals surface area contributed by atoms with Gasteiger partial charge in [-0.15, -0.1) is 11.8 Å². The van der Waals surface area contributed by atoms with Crippen molar-refractivity contribution in [2.75, 3.05) is 20.3 Å². The molecule has 0 aliphatic carbocycles. The van der Waals surface area contributed by atoms with E-state index in [4.69, 9.17) is 9.47 Å². The van der Waals surface area contributed by atoms with Crippen LogP contribution in [-0.4, -0.2) is 43.5 Å². The lowest BCUT2D eigenvalue weighted by molar-refractivity contribution is -0.142. The third-order valence-electron chi connectivity index (χ3n) is 2.67. The number of esters is 1. The summed E-state index contributed by atoms with van der Waals surface area (Å²) in [4.78, 5) is 23.4. The second kappa shape index (κ2) is 9.41. The fraction of sp³-hybridized carbons (Fsp3) is 0.467. The second-order valence-corrected chi connectivity index (χ2v) is 5.85. The summed E-state index contributed by atoms with van der Waals surface area (Å²) in [6.45, 7) is 3.35. The molecule has 0 fully saturated rings. The highest BCUT2D eigenvalue weighted by atomic mass is 32.2. The Hall–Kier alpha value is -1.53. The van der Waals surface area contributed by atoms with Crippen molar-refractivity contribution in [1.82, 2.24) is 5.32 Å². The Kier molecular flexibility index (Phi) is 7.85. The molecule has 6 heteroatoms. The molecule has 0 radical (unpaired) electrons. The van der Waals surface area contributed by atoms with Crippen LogP contribution in [0, 0.1) is 0 Å². The molecule has 0 aromatic heterocycles. The highest BCUT2D eigenvalue weighted by molar-refractivity contribution is 8.00. The van der Waals surface area contributed by atoms with E-state index in [1.54, 1.807) is 18.9 Å². The van der Waals surface area contributed by atoms with Crippen LogP contribution in [0.2, 0.25) is 0 Å². The average Bonchev–Trinajstić information content (AvgIpc) is 2.43. The molecule has 5 nitrogen and oxygen atoms in total. The van der Waals surface area contributed by atoms with E-state index >= 15 is 0 Å². The first-order valence-electron chi connectivity index (χ1n) is 6.64. The number of benzene rings is 1. The lowest BCUT2D eigenvalue weighted by atomic mass is 10.2. The second-order valence-electron chi connectivity index (χ2n) is 4.53. The minimum atomic E-state index is -0.369. The summed E-state index contributed by atoms with van der Waals surface area (Å²) >= 11 is 1.58. The van der Waals surface area contributed by atoms with Gasteiger partial charge in [-0.2, -0.15) is 0 Å². The molecule has 116 valence electrons. The molecule has 1 aromatic rings. The third kappa shape index (κ3) is 7.15. The maximum absolute atomic E-state index is 11.4. The summed E-state index contributed by atoms with van der Waals surface area (Å²) < 4.78 is 10.3. The van der Waals surface area contributed by atoms with E-state index in [1.165, 1.54) is 13.8 Å². The van der Waals surface area contributed by atoms with E-state index in [9.17, 15) is 9.59 Å². The van der Waals surface area contributed by atoms with Crippen molar-refractivity contribution < 1.29 is 19.1 Å². The van der Waals surface area contributed by atoms with Crippen LogP contribution in [0.15, 0.2) is 35.2 Å². The minimum Gasteiger partial charge on any atom is -0.464 e. The SMILES string of the molecule is COC[C@@H](Sc1ccccc1)[C@@H](COC(C)=O)NC(C)=O. The van der Waals surface area contributed by atoms with Crippen LogP contribution in [0.4, 0.5) is 0 Å². The zero-order valence-corrected chi connectivity index (χ0v) is 13.3. The number of ether oxygens (including phenoxy) is 2. The summed E-state index contributed by atoms with van der Waals surface area (Å²) in [7, 11) is 1.61. The number of hydrogen-bond acceptors (Lipinski definition) is 5. The highest BCUT2D eigenvalue weighted by Gasteiger charge is 2.24. The van der Waals surface area contributed by atoms with Crippen LogP contribution in [0.1, 0.15) is 13.8 Å². The fourth-order valence-electron chi connectivity index (χ4n) is 1.78. The van der Waals surface area contributed by atoms with Gasteiger partial charge in [-0.3, -0.25) is 9.59 Å². The van der Waals surface area contributed by atoms with Gasteiger partial charge in [-0.1, -0.05) is 18.2 Å². The zero-order chi connectivity index (χ0) is 15.7. The first kappa shape index (κ1) is 17.5. The molecule has 21 heavy (non-hydrogen) atoms. The predicted molar refractivity (Wildman–Crippen MR) is 82.2 cm³/mol. The highest BCUT2D eigenvalue weighted by Crippen LogP contribution is 2.25. The molecule has 1 amide bonds. The van der Waals surface area contributed by atoms with Gasteiger partial charge in [0.05, 0.1) is 17.9 Å². The lowest BCUT2D eigenvalue weighted by Crippen LogP contribution is -2.46. The van der Waals surface area contributed by atoms with Crippen LogP contribution in [0.5, 0.6) is 0 Å². The average molecular weight is 311 g/mol. The molecule has 0 saturated heterocycles. The van der Waals surface area contributed by atoms with Crippen LogP contribution < -0.4 is 5.32 Å². The van der Waals surface area contributed by atoms with Crippen molar-refractivity contribution in [2.45, 2.75) is 30.0 Å². The fourth-order valence-corrected chi connectivity index (χ4v) is 2.96. The summed E-state index contributed by atoms with van der Waals surface area (Å²) in [5, 5.41) is 2.77.